The number of carbonyl (C=O) groups is 2. The Balaban J connectivity index is -0.000000150. The second kappa shape index (κ2) is 39.9. The van der Waals surface area contributed by atoms with Crippen molar-refractivity contribution in [2.24, 2.45) is 0 Å². The summed E-state index contributed by atoms with van der Waals surface area (Å²) in [4.78, 5) is 21.6. The van der Waals surface area contributed by atoms with Gasteiger partial charge in [0.15, 0.2) is 0 Å². The number of carbonyl (C=O) groups excluding carboxylic acids is 1. The third kappa shape index (κ3) is 45.3. The van der Waals surface area contributed by atoms with E-state index in [1.54, 1.807) is 0 Å². The van der Waals surface area contributed by atoms with Crippen molar-refractivity contribution in [3.05, 3.63) is 0 Å². The summed E-state index contributed by atoms with van der Waals surface area (Å²) in [6, 6.07) is 0. The summed E-state index contributed by atoms with van der Waals surface area (Å²) in [5.41, 5.74) is 0. The molecule has 0 aliphatic rings. The van der Waals surface area contributed by atoms with Gasteiger partial charge in [-0.2, -0.15) is 8.42 Å². The van der Waals surface area contributed by atoms with E-state index in [0.29, 0.717) is 12.8 Å². The molecule has 0 aliphatic heterocycles. The van der Waals surface area contributed by atoms with Gasteiger partial charge >= 0.3 is 81.2 Å². The van der Waals surface area contributed by atoms with E-state index < -0.39 is 34.4 Å². The van der Waals surface area contributed by atoms with Crippen LogP contribution in [0.2, 0.25) is 0 Å². The first-order valence-corrected chi connectivity index (χ1v) is 18.1. The van der Waals surface area contributed by atoms with E-state index in [4.69, 9.17) is 10.2 Å². The third-order valence-corrected chi connectivity index (χ3v) is 8.16. The van der Waals surface area contributed by atoms with Crippen LogP contribution >= 0.6 is 0 Å². The third-order valence-electron chi connectivity index (χ3n) is 7.04. The van der Waals surface area contributed by atoms with Crippen molar-refractivity contribution >= 4 is 22.1 Å². The predicted molar refractivity (Wildman–Crippen MR) is 168 cm³/mol. The van der Waals surface area contributed by atoms with Gasteiger partial charge in [0.2, 0.25) is 0 Å². The Morgan fingerprint density at radius 2 is 0.833 bits per heavy atom. The monoisotopic (exact) mass is 640 g/mol. The van der Waals surface area contributed by atoms with Crippen molar-refractivity contribution in [1.82, 2.24) is 0 Å². The SMILES string of the molecule is CCCCCCCCCCCC(=O)OS(=O)(=O)CCO.CCCCCCCCCCCCCCCCCC(=O)O.[H-].[H-].[Na+].[Na+]. The van der Waals surface area contributed by atoms with Crippen molar-refractivity contribution in [2.75, 3.05) is 12.4 Å². The summed E-state index contributed by atoms with van der Waals surface area (Å²) in [6.07, 6.45) is 30.5. The van der Waals surface area contributed by atoms with Gasteiger partial charge in [-0.05, 0) is 12.8 Å². The van der Waals surface area contributed by atoms with Gasteiger partial charge in [-0.25, -0.2) is 0 Å². The van der Waals surface area contributed by atoms with Crippen LogP contribution in [0.5, 0.6) is 0 Å². The van der Waals surface area contributed by atoms with Crippen molar-refractivity contribution in [1.29, 1.82) is 0 Å². The Kier molecular flexibility index (Phi) is 47.2. The van der Waals surface area contributed by atoms with Crippen molar-refractivity contribution in [3.8, 4) is 0 Å². The first kappa shape index (κ1) is 49.7. The van der Waals surface area contributed by atoms with Gasteiger partial charge in [-0.3, -0.25) is 9.59 Å². The van der Waals surface area contributed by atoms with Crippen LogP contribution < -0.4 is 59.1 Å². The summed E-state index contributed by atoms with van der Waals surface area (Å²) in [7, 11) is -3.89. The number of aliphatic hydroxyl groups is 1. The van der Waals surface area contributed by atoms with E-state index in [2.05, 4.69) is 18.0 Å². The molecule has 0 rings (SSSR count). The first-order chi connectivity index (χ1) is 19.3. The van der Waals surface area contributed by atoms with Crippen molar-refractivity contribution in [3.63, 3.8) is 0 Å². The predicted octanol–water partition coefficient (Wildman–Crippen LogP) is 3.34. The molecule has 0 bridgehead atoms. The zero-order valence-electron chi connectivity index (χ0n) is 30.1. The molecule has 0 saturated heterocycles. The summed E-state index contributed by atoms with van der Waals surface area (Å²) < 4.78 is 26.5. The zero-order chi connectivity index (χ0) is 30.2. The van der Waals surface area contributed by atoms with Gasteiger partial charge < -0.3 is 17.2 Å². The normalized spacial score (nSPS) is 10.6. The molecule has 7 nitrogen and oxygen atoms in total. The number of rotatable bonds is 29. The summed E-state index contributed by atoms with van der Waals surface area (Å²) >= 11 is 0. The Morgan fingerprint density at radius 1 is 0.548 bits per heavy atom. The molecular weight excluding hydrogens is 574 g/mol. The van der Waals surface area contributed by atoms with Gasteiger partial charge in [0.05, 0.1) is 6.61 Å². The Bertz CT molecular complexity index is 673. The number of aliphatic hydroxyl groups excluding tert-OH is 1. The standard InChI is InChI=1S/C18H36O2.C14H28O5S.2Na.2H/c1-2-3-4-5-6-7-8-9-10-11-12-13-14-15-16-17-18(19)20;1-2-3-4-5-6-7-8-9-10-11-14(16)19-20(17,18)13-12-15;;;;/h2-17H2,1H3,(H,19,20);15H,2-13H2,1H3;;;;/q;;2*+1;2*-1. The van der Waals surface area contributed by atoms with Crippen molar-refractivity contribution < 1.29 is 94.4 Å². The second-order valence-corrected chi connectivity index (χ2v) is 12.8. The molecule has 0 aromatic rings. The fourth-order valence-electron chi connectivity index (χ4n) is 4.56. The van der Waals surface area contributed by atoms with Crippen LogP contribution in [-0.4, -0.2) is 42.9 Å². The van der Waals surface area contributed by atoms with Crippen LogP contribution in [0.25, 0.3) is 0 Å². The summed E-state index contributed by atoms with van der Waals surface area (Å²) in [5.74, 6) is -1.91. The molecule has 0 aromatic heterocycles. The van der Waals surface area contributed by atoms with Crippen LogP contribution in [0.3, 0.4) is 0 Å². The van der Waals surface area contributed by atoms with E-state index in [-0.39, 0.29) is 68.4 Å². The molecular formula is C32H66Na2O7S. The zero-order valence-corrected chi connectivity index (χ0v) is 33.0. The Hall–Kier alpha value is 0.850. The van der Waals surface area contributed by atoms with Crippen LogP contribution in [0.1, 0.15) is 184 Å². The van der Waals surface area contributed by atoms with E-state index in [9.17, 15) is 18.0 Å². The van der Waals surface area contributed by atoms with Crippen LogP contribution in [0.4, 0.5) is 0 Å². The maximum Gasteiger partial charge on any atom is 1.00 e. The van der Waals surface area contributed by atoms with E-state index in [0.717, 1.165) is 25.7 Å². The molecule has 0 amide bonds. The molecule has 2 N–H and O–H groups in total. The summed E-state index contributed by atoms with van der Waals surface area (Å²) in [5, 5.41) is 17.0. The van der Waals surface area contributed by atoms with Gasteiger partial charge in [-0.1, -0.05) is 155 Å². The molecule has 0 aliphatic carbocycles. The number of carboxylic acid groups (broad SMARTS) is 1. The number of unbranched alkanes of at least 4 members (excludes halogenated alkanes) is 22. The molecule has 0 aromatic carbocycles. The van der Waals surface area contributed by atoms with Crippen LogP contribution in [0, 0.1) is 0 Å². The van der Waals surface area contributed by atoms with Gasteiger partial charge in [0.1, 0.15) is 5.75 Å². The second-order valence-electron chi connectivity index (χ2n) is 11.1. The van der Waals surface area contributed by atoms with Gasteiger partial charge in [0, 0.05) is 12.8 Å². The molecule has 0 heterocycles. The van der Waals surface area contributed by atoms with Crippen LogP contribution in [-0.2, 0) is 23.9 Å². The molecule has 0 atom stereocenters. The van der Waals surface area contributed by atoms with E-state index >= 15 is 0 Å². The van der Waals surface area contributed by atoms with Crippen molar-refractivity contribution in [2.45, 2.75) is 181 Å². The molecule has 0 unspecified atom stereocenters. The number of hydrogen-bond donors (Lipinski definition) is 2. The fraction of sp³-hybridized carbons (Fsp3) is 0.938. The molecule has 0 saturated carbocycles. The average molecular weight is 641 g/mol. The van der Waals surface area contributed by atoms with E-state index in [1.165, 1.54) is 122 Å². The minimum atomic E-state index is -3.89. The quantitative estimate of drug-likeness (QED) is 0.0732. The maximum atomic E-state index is 11.3. The van der Waals surface area contributed by atoms with E-state index in [1.807, 2.05) is 0 Å². The molecule has 0 radical (unpaired) electrons. The average Bonchev–Trinajstić information content (AvgIpc) is 2.90. The molecule has 244 valence electrons. The summed E-state index contributed by atoms with van der Waals surface area (Å²) in [6.45, 7) is 3.93. The fourth-order valence-corrected chi connectivity index (χ4v) is 5.24. The van der Waals surface area contributed by atoms with Gasteiger partial charge in [0.25, 0.3) is 0 Å². The molecule has 0 spiro atoms. The Labute approximate surface area is 307 Å². The molecule has 0 fully saturated rings. The molecule has 10 heteroatoms. The minimum Gasteiger partial charge on any atom is -1.00 e. The number of carboxylic acids is 1. The van der Waals surface area contributed by atoms with Crippen LogP contribution in [0.15, 0.2) is 0 Å². The first-order valence-electron chi connectivity index (χ1n) is 16.6. The number of aliphatic carboxylic acids is 1. The Morgan fingerprint density at radius 3 is 1.12 bits per heavy atom. The largest absolute Gasteiger partial charge is 1.00 e. The topological polar surface area (TPSA) is 118 Å². The van der Waals surface area contributed by atoms with Gasteiger partial charge in [-0.15, -0.1) is 0 Å². The number of hydrogen-bond acceptors (Lipinski definition) is 6. The smallest absolute Gasteiger partial charge is 1.00 e. The maximum absolute atomic E-state index is 11.3. The minimum absolute atomic E-state index is 0. The molecule has 42 heavy (non-hydrogen) atoms.